The highest BCUT2D eigenvalue weighted by Crippen LogP contribution is 2.34. The highest BCUT2D eigenvalue weighted by molar-refractivity contribution is 7.89. The van der Waals surface area contributed by atoms with E-state index in [9.17, 15) is 8.42 Å². The lowest BCUT2D eigenvalue weighted by atomic mass is 10.0. The second kappa shape index (κ2) is 3.56. The largest absolute Gasteiger partial charge is 0.281 e. The Morgan fingerprint density at radius 2 is 2.19 bits per heavy atom. The number of sulfonamides is 1. The highest BCUT2D eigenvalue weighted by atomic mass is 32.2. The second-order valence-corrected chi connectivity index (χ2v) is 6.68. The fourth-order valence-corrected chi connectivity index (χ4v) is 4.21. The van der Waals surface area contributed by atoms with Gasteiger partial charge in [-0.05, 0) is 33.6 Å². The van der Waals surface area contributed by atoms with E-state index >= 15 is 0 Å². The maximum absolute atomic E-state index is 12.4. The molecule has 0 aliphatic carbocycles. The van der Waals surface area contributed by atoms with Gasteiger partial charge in [-0.15, -0.1) is 0 Å². The molecule has 1 aliphatic heterocycles. The molecule has 16 heavy (non-hydrogen) atoms. The van der Waals surface area contributed by atoms with Crippen molar-refractivity contribution >= 4 is 10.0 Å². The van der Waals surface area contributed by atoms with Crippen LogP contribution in [0.3, 0.4) is 0 Å². The molecule has 5 nitrogen and oxygen atoms in total. The molecule has 1 N–H and O–H groups in total. The van der Waals surface area contributed by atoms with E-state index < -0.39 is 10.0 Å². The molecule has 1 fully saturated rings. The van der Waals surface area contributed by atoms with E-state index in [2.05, 4.69) is 10.2 Å². The van der Waals surface area contributed by atoms with Crippen molar-refractivity contribution in [3.63, 3.8) is 0 Å². The summed E-state index contributed by atoms with van der Waals surface area (Å²) in [4.78, 5) is 0.294. The zero-order chi connectivity index (χ0) is 12.0. The lowest BCUT2D eigenvalue weighted by Gasteiger charge is -2.30. The Morgan fingerprint density at radius 1 is 1.50 bits per heavy atom. The molecule has 0 spiro atoms. The lowest BCUT2D eigenvalue weighted by Crippen LogP contribution is -2.42. The summed E-state index contributed by atoms with van der Waals surface area (Å²) in [7, 11) is -3.39. The molecule has 0 amide bonds. The van der Waals surface area contributed by atoms with Crippen molar-refractivity contribution in [2.45, 2.75) is 44.0 Å². The van der Waals surface area contributed by atoms with Crippen LogP contribution in [0.25, 0.3) is 0 Å². The van der Waals surface area contributed by atoms with Crippen molar-refractivity contribution in [1.29, 1.82) is 0 Å². The Hall–Kier alpha value is -0.880. The fraction of sp³-hybridized carbons (Fsp3) is 0.700. The molecule has 0 bridgehead atoms. The molecule has 1 aromatic heterocycles. The Kier molecular flexibility index (Phi) is 2.58. The third-order valence-corrected chi connectivity index (χ3v) is 5.40. The average molecular weight is 243 g/mol. The number of nitrogens with one attached hydrogen (secondary N) is 1. The van der Waals surface area contributed by atoms with Crippen molar-refractivity contribution in [2.75, 3.05) is 6.54 Å². The van der Waals surface area contributed by atoms with Crippen molar-refractivity contribution < 1.29 is 8.42 Å². The molecule has 0 saturated carbocycles. The normalized spacial score (nSPS) is 21.4. The molecular weight excluding hydrogens is 226 g/mol. The molecule has 1 aliphatic rings. The SMILES string of the molecule is Cc1[nH]ncc1S(=O)(=O)N1CCCC1(C)C. The van der Waals surface area contributed by atoms with Crippen molar-refractivity contribution in [1.82, 2.24) is 14.5 Å². The Labute approximate surface area is 95.9 Å². The fourth-order valence-electron chi connectivity index (χ4n) is 2.25. The van der Waals surface area contributed by atoms with Gasteiger partial charge in [0.1, 0.15) is 4.90 Å². The van der Waals surface area contributed by atoms with Gasteiger partial charge in [0, 0.05) is 12.1 Å². The minimum Gasteiger partial charge on any atom is -0.281 e. The molecule has 6 heteroatoms. The maximum Gasteiger partial charge on any atom is 0.246 e. The van der Waals surface area contributed by atoms with Gasteiger partial charge in [0.25, 0.3) is 0 Å². The minimum atomic E-state index is -3.39. The Balaban J connectivity index is 2.45. The van der Waals surface area contributed by atoms with Crippen molar-refractivity contribution in [3.05, 3.63) is 11.9 Å². The number of rotatable bonds is 2. The zero-order valence-corrected chi connectivity index (χ0v) is 10.6. The van der Waals surface area contributed by atoms with Crippen LogP contribution in [-0.2, 0) is 10.0 Å². The van der Waals surface area contributed by atoms with Crippen LogP contribution in [0.2, 0.25) is 0 Å². The van der Waals surface area contributed by atoms with E-state index in [4.69, 9.17) is 0 Å². The third kappa shape index (κ3) is 1.66. The third-order valence-electron chi connectivity index (χ3n) is 3.18. The summed E-state index contributed by atoms with van der Waals surface area (Å²) < 4.78 is 26.4. The standard InChI is InChI=1S/C10H17N3O2S/c1-8-9(7-11-12-8)16(14,15)13-6-4-5-10(13,2)3/h7H,4-6H2,1-3H3,(H,11,12). The van der Waals surface area contributed by atoms with Gasteiger partial charge in [0.2, 0.25) is 10.0 Å². The van der Waals surface area contributed by atoms with Crippen LogP contribution >= 0.6 is 0 Å². The summed E-state index contributed by atoms with van der Waals surface area (Å²) >= 11 is 0. The number of aryl methyl sites for hydroxylation is 1. The number of hydrogen-bond acceptors (Lipinski definition) is 3. The van der Waals surface area contributed by atoms with Gasteiger partial charge in [-0.2, -0.15) is 9.40 Å². The van der Waals surface area contributed by atoms with Crippen LogP contribution in [0.15, 0.2) is 11.1 Å². The molecule has 0 unspecified atom stereocenters. The number of nitrogens with zero attached hydrogens (tertiary/aromatic N) is 2. The van der Waals surface area contributed by atoms with Crippen LogP contribution in [0.4, 0.5) is 0 Å². The molecule has 90 valence electrons. The molecule has 1 aromatic rings. The van der Waals surface area contributed by atoms with Gasteiger partial charge in [0.05, 0.1) is 11.9 Å². The molecule has 0 aromatic carbocycles. The van der Waals surface area contributed by atoms with Crippen LogP contribution in [0.1, 0.15) is 32.4 Å². The number of aromatic amines is 1. The average Bonchev–Trinajstić information content (AvgIpc) is 2.71. The smallest absolute Gasteiger partial charge is 0.246 e. The van der Waals surface area contributed by atoms with Crippen LogP contribution in [0.5, 0.6) is 0 Å². The predicted octanol–water partition coefficient (Wildman–Crippen LogP) is 1.28. The molecule has 2 rings (SSSR count). The molecular formula is C10H17N3O2S. The molecule has 1 saturated heterocycles. The van der Waals surface area contributed by atoms with Gasteiger partial charge in [0.15, 0.2) is 0 Å². The Bertz CT molecular complexity index is 490. The lowest BCUT2D eigenvalue weighted by molar-refractivity contribution is 0.291. The van der Waals surface area contributed by atoms with Gasteiger partial charge in [-0.1, -0.05) is 0 Å². The van der Waals surface area contributed by atoms with Crippen molar-refractivity contribution in [2.24, 2.45) is 0 Å². The van der Waals surface area contributed by atoms with E-state index in [-0.39, 0.29) is 5.54 Å². The van der Waals surface area contributed by atoms with E-state index in [1.807, 2.05) is 13.8 Å². The van der Waals surface area contributed by atoms with Gasteiger partial charge >= 0.3 is 0 Å². The summed E-state index contributed by atoms with van der Waals surface area (Å²) in [6.45, 7) is 6.25. The van der Waals surface area contributed by atoms with Crippen LogP contribution in [-0.4, -0.2) is 35.0 Å². The van der Waals surface area contributed by atoms with Gasteiger partial charge < -0.3 is 0 Å². The summed E-state index contributed by atoms with van der Waals surface area (Å²) in [5.41, 5.74) is 0.311. The topological polar surface area (TPSA) is 66.1 Å². The van der Waals surface area contributed by atoms with E-state index in [1.54, 1.807) is 11.2 Å². The molecule has 0 radical (unpaired) electrons. The number of aromatic nitrogens is 2. The summed E-state index contributed by atoms with van der Waals surface area (Å²) in [5, 5.41) is 6.45. The monoisotopic (exact) mass is 243 g/mol. The van der Waals surface area contributed by atoms with E-state index in [0.29, 0.717) is 17.1 Å². The number of hydrogen-bond donors (Lipinski definition) is 1. The quantitative estimate of drug-likeness (QED) is 0.851. The predicted molar refractivity (Wildman–Crippen MR) is 60.5 cm³/mol. The number of H-pyrrole nitrogens is 1. The summed E-state index contributed by atoms with van der Waals surface area (Å²) in [6.07, 6.45) is 3.21. The molecule has 0 atom stereocenters. The van der Waals surface area contributed by atoms with Gasteiger partial charge in [-0.25, -0.2) is 8.42 Å². The van der Waals surface area contributed by atoms with Crippen molar-refractivity contribution in [3.8, 4) is 0 Å². The minimum absolute atomic E-state index is 0.289. The summed E-state index contributed by atoms with van der Waals surface area (Å²) in [5.74, 6) is 0. The van der Waals surface area contributed by atoms with Crippen LogP contribution < -0.4 is 0 Å². The first kappa shape index (κ1) is 11.6. The first-order valence-electron chi connectivity index (χ1n) is 5.38. The molecule has 2 heterocycles. The zero-order valence-electron chi connectivity index (χ0n) is 9.82. The Morgan fingerprint density at radius 3 is 2.62 bits per heavy atom. The first-order chi connectivity index (χ1) is 7.36. The van der Waals surface area contributed by atoms with Crippen LogP contribution in [0, 0.1) is 6.92 Å². The maximum atomic E-state index is 12.4. The second-order valence-electron chi connectivity index (χ2n) is 4.85. The first-order valence-corrected chi connectivity index (χ1v) is 6.82. The van der Waals surface area contributed by atoms with Gasteiger partial charge in [-0.3, -0.25) is 5.10 Å². The summed E-state index contributed by atoms with van der Waals surface area (Å²) in [6, 6.07) is 0. The van der Waals surface area contributed by atoms with E-state index in [0.717, 1.165) is 12.8 Å². The van der Waals surface area contributed by atoms with E-state index in [1.165, 1.54) is 6.20 Å². The highest BCUT2D eigenvalue weighted by Gasteiger charge is 2.41.